The number of aromatic nitrogens is 5. The maximum absolute atomic E-state index is 11.4. The summed E-state index contributed by atoms with van der Waals surface area (Å²) in [5, 5.41) is 17.2. The number of carbonyl (C=O) groups is 3. The minimum Gasteiger partial charge on any atom is -0.478 e. The second-order valence-corrected chi connectivity index (χ2v) is 12.3. The van der Waals surface area contributed by atoms with Crippen LogP contribution in [-0.2, 0) is 11.2 Å². The molecule has 0 aliphatic carbocycles. The molecule has 49 heavy (non-hydrogen) atoms. The van der Waals surface area contributed by atoms with Crippen LogP contribution in [0.2, 0.25) is 0 Å². The second kappa shape index (κ2) is 21.7. The Morgan fingerprint density at radius 3 is 1.41 bits per heavy atom. The normalized spacial score (nSPS) is 10.3. The van der Waals surface area contributed by atoms with Crippen LogP contribution < -0.4 is 0 Å². The van der Waals surface area contributed by atoms with E-state index >= 15 is 0 Å². The summed E-state index contributed by atoms with van der Waals surface area (Å²) in [4.78, 5) is 52.1. The van der Waals surface area contributed by atoms with E-state index in [2.05, 4.69) is 65.6 Å². The predicted molar refractivity (Wildman–Crippen MR) is 190 cm³/mol. The first-order valence-corrected chi connectivity index (χ1v) is 16.4. The number of carbonyl (C=O) groups excluding carboxylic acids is 1. The van der Waals surface area contributed by atoms with Gasteiger partial charge in [-0.2, -0.15) is 0 Å². The fourth-order valence-corrected chi connectivity index (χ4v) is 3.75. The Bertz CT molecular complexity index is 1600. The molecule has 4 aromatic heterocycles. The van der Waals surface area contributed by atoms with Gasteiger partial charge in [0.1, 0.15) is 5.82 Å². The van der Waals surface area contributed by atoms with Crippen LogP contribution >= 0.6 is 0 Å². The van der Waals surface area contributed by atoms with E-state index in [1.165, 1.54) is 35.9 Å². The minimum atomic E-state index is -0.995. The van der Waals surface area contributed by atoms with Crippen LogP contribution in [0.4, 0.5) is 0 Å². The highest BCUT2D eigenvalue weighted by Gasteiger charge is 2.09. The Balaban J connectivity index is 0.000000328. The van der Waals surface area contributed by atoms with Crippen molar-refractivity contribution in [3.8, 4) is 0 Å². The lowest BCUT2D eigenvalue weighted by molar-refractivity contribution is 0.0524. The maximum Gasteiger partial charge on any atom is 0.339 e. The van der Waals surface area contributed by atoms with Crippen LogP contribution in [0.3, 0.4) is 0 Å². The number of hydrogen-bond donors (Lipinski definition) is 2. The zero-order valence-electron chi connectivity index (χ0n) is 30.3. The molecule has 0 unspecified atom stereocenters. The third kappa shape index (κ3) is 15.6. The van der Waals surface area contributed by atoms with E-state index in [-0.39, 0.29) is 23.0 Å². The lowest BCUT2D eigenvalue weighted by Gasteiger charge is -2.06. The number of hydrogen-bond acceptors (Lipinski definition) is 9. The van der Waals surface area contributed by atoms with Gasteiger partial charge in [-0.05, 0) is 65.5 Å². The fourth-order valence-electron chi connectivity index (χ4n) is 3.75. The Morgan fingerprint density at radius 2 is 1.00 bits per heavy atom. The van der Waals surface area contributed by atoms with Crippen molar-refractivity contribution in [2.24, 2.45) is 0 Å². The molecule has 0 saturated carbocycles. The molecule has 11 nitrogen and oxygen atoms in total. The molecule has 0 aliphatic rings. The SMILES string of the molecule is CC(C)c1cncc(C(=O)O)c1.CC(C)c1ncc(C(=O)O)cn1.CCOC(=O)c1cncc(C(C)C)c1.CCc1cncc(C(C)C)c1. The van der Waals surface area contributed by atoms with Crippen molar-refractivity contribution in [3.05, 3.63) is 113 Å². The number of nitrogens with zero attached hydrogens (tertiary/aromatic N) is 5. The molecule has 0 aromatic carbocycles. The van der Waals surface area contributed by atoms with Crippen LogP contribution in [0.1, 0.15) is 152 Å². The Hall–Kier alpha value is -5.06. The van der Waals surface area contributed by atoms with Crippen molar-refractivity contribution >= 4 is 17.9 Å². The topological polar surface area (TPSA) is 165 Å². The first-order chi connectivity index (χ1) is 23.1. The van der Waals surface area contributed by atoms with Crippen molar-refractivity contribution < 1.29 is 29.3 Å². The molecule has 264 valence electrons. The summed E-state index contributed by atoms with van der Waals surface area (Å²) in [6.45, 7) is 20.8. The third-order valence-corrected chi connectivity index (χ3v) is 6.94. The predicted octanol–water partition coefficient (Wildman–Crippen LogP) is 8.35. The number of esters is 1. The zero-order chi connectivity index (χ0) is 37.1. The molecular weight excluding hydrogens is 622 g/mol. The van der Waals surface area contributed by atoms with Gasteiger partial charge in [-0.25, -0.2) is 24.4 Å². The van der Waals surface area contributed by atoms with E-state index in [9.17, 15) is 14.4 Å². The van der Waals surface area contributed by atoms with Crippen LogP contribution in [0.15, 0.2) is 67.8 Å². The molecular formula is C38H51N5O6. The molecule has 0 saturated heterocycles. The fraction of sp³-hybridized carbons (Fsp3) is 0.421. The van der Waals surface area contributed by atoms with E-state index in [0.29, 0.717) is 35.7 Å². The molecule has 4 rings (SSSR count). The lowest BCUT2D eigenvalue weighted by Crippen LogP contribution is -2.06. The summed E-state index contributed by atoms with van der Waals surface area (Å²) < 4.78 is 4.88. The van der Waals surface area contributed by atoms with Crippen molar-refractivity contribution in [2.45, 2.75) is 99.3 Å². The average Bonchev–Trinajstić information content (AvgIpc) is 3.09. The summed E-state index contributed by atoms with van der Waals surface area (Å²) in [5.41, 5.74) is 5.57. The van der Waals surface area contributed by atoms with Crippen molar-refractivity contribution in [1.29, 1.82) is 0 Å². The summed E-state index contributed by atoms with van der Waals surface area (Å²) in [5.74, 6) is -0.0478. The molecule has 0 fully saturated rings. The van der Waals surface area contributed by atoms with Gasteiger partial charge in [-0.3, -0.25) is 15.0 Å². The highest BCUT2D eigenvalue weighted by atomic mass is 16.5. The Morgan fingerprint density at radius 1 is 0.571 bits per heavy atom. The maximum atomic E-state index is 11.4. The summed E-state index contributed by atoms with van der Waals surface area (Å²) in [7, 11) is 0. The Labute approximate surface area is 290 Å². The standard InChI is InChI=1S/C11H15NO2.C10H15N.C9H11NO2.C8H10N2O2/c1-4-14-11(13)10-5-9(8(2)3)6-12-7-10;1-4-9-5-10(8(2)3)7-11-6-9;1-6(2)7-3-8(9(11)12)5-10-4-7;1-5(2)7-9-3-6(4-10-7)8(11)12/h5-8H,4H2,1-3H3;5-8H,4H2,1-3H3;3-6H,1-2H3,(H,11,12);3-5H,1-2H3,(H,11,12). The molecule has 0 amide bonds. The van der Waals surface area contributed by atoms with Gasteiger partial charge in [0.2, 0.25) is 0 Å². The Kier molecular flexibility index (Phi) is 18.6. The molecule has 4 aromatic rings. The van der Waals surface area contributed by atoms with Crippen molar-refractivity contribution in [1.82, 2.24) is 24.9 Å². The number of pyridine rings is 3. The quantitative estimate of drug-likeness (QED) is 0.164. The zero-order valence-corrected chi connectivity index (χ0v) is 30.3. The smallest absolute Gasteiger partial charge is 0.339 e. The number of rotatable bonds is 9. The van der Waals surface area contributed by atoms with Crippen molar-refractivity contribution in [3.63, 3.8) is 0 Å². The van der Waals surface area contributed by atoms with Gasteiger partial charge in [0.25, 0.3) is 0 Å². The highest BCUT2D eigenvalue weighted by molar-refractivity contribution is 5.89. The molecule has 0 aliphatic heterocycles. The van der Waals surface area contributed by atoms with Crippen LogP contribution in [0.5, 0.6) is 0 Å². The number of aryl methyl sites for hydroxylation is 1. The van der Waals surface area contributed by atoms with Gasteiger partial charge >= 0.3 is 17.9 Å². The number of carboxylic acid groups (broad SMARTS) is 2. The number of aromatic carboxylic acids is 2. The van der Waals surface area contributed by atoms with E-state index in [1.807, 2.05) is 46.2 Å². The molecule has 0 atom stereocenters. The largest absolute Gasteiger partial charge is 0.478 e. The first-order valence-electron chi connectivity index (χ1n) is 16.4. The van der Waals surface area contributed by atoms with Crippen LogP contribution in [-0.4, -0.2) is 59.6 Å². The number of ether oxygens (including phenoxy) is 1. The second-order valence-electron chi connectivity index (χ2n) is 12.3. The monoisotopic (exact) mass is 673 g/mol. The molecule has 4 heterocycles. The van der Waals surface area contributed by atoms with E-state index in [1.54, 1.807) is 25.4 Å². The van der Waals surface area contributed by atoms with E-state index < -0.39 is 11.9 Å². The first kappa shape index (κ1) is 42.0. The van der Waals surface area contributed by atoms with Crippen LogP contribution in [0.25, 0.3) is 0 Å². The molecule has 2 N–H and O–H groups in total. The van der Waals surface area contributed by atoms with Gasteiger partial charge in [-0.1, -0.05) is 68.4 Å². The van der Waals surface area contributed by atoms with E-state index in [4.69, 9.17) is 14.9 Å². The summed E-state index contributed by atoms with van der Waals surface area (Å²) >= 11 is 0. The molecule has 0 spiro atoms. The molecule has 0 radical (unpaired) electrons. The van der Waals surface area contributed by atoms with E-state index in [0.717, 1.165) is 17.5 Å². The van der Waals surface area contributed by atoms with Gasteiger partial charge in [0.15, 0.2) is 0 Å². The average molecular weight is 674 g/mol. The highest BCUT2D eigenvalue weighted by Crippen LogP contribution is 2.16. The van der Waals surface area contributed by atoms with Gasteiger partial charge in [0, 0.05) is 55.5 Å². The summed E-state index contributed by atoms with van der Waals surface area (Å²) in [6, 6.07) is 5.72. The molecule has 0 bridgehead atoms. The van der Waals surface area contributed by atoms with Gasteiger partial charge in [-0.15, -0.1) is 0 Å². The van der Waals surface area contributed by atoms with Gasteiger partial charge in [0.05, 0.1) is 23.3 Å². The minimum absolute atomic E-state index is 0.124. The van der Waals surface area contributed by atoms with Crippen LogP contribution in [0, 0.1) is 0 Å². The third-order valence-electron chi connectivity index (χ3n) is 6.94. The number of carboxylic acids is 2. The summed E-state index contributed by atoms with van der Waals surface area (Å²) in [6.07, 6.45) is 14.0. The lowest BCUT2D eigenvalue weighted by atomic mass is 10.0. The van der Waals surface area contributed by atoms with Crippen molar-refractivity contribution in [2.75, 3.05) is 6.61 Å². The molecule has 11 heteroatoms. The van der Waals surface area contributed by atoms with Gasteiger partial charge < -0.3 is 14.9 Å².